The van der Waals surface area contributed by atoms with Crippen molar-refractivity contribution < 1.29 is 14.2 Å². The van der Waals surface area contributed by atoms with Crippen LogP contribution in [0, 0.1) is 11.3 Å². The smallest absolute Gasteiger partial charge is 0.267 e. The number of benzene rings is 1. The van der Waals surface area contributed by atoms with Crippen LogP contribution in [0.3, 0.4) is 0 Å². The Morgan fingerprint density at radius 3 is 2.97 bits per heavy atom. The second-order valence-corrected chi connectivity index (χ2v) is 7.99. The fourth-order valence-corrected chi connectivity index (χ4v) is 4.18. The maximum atomic E-state index is 12.7. The molecule has 0 spiro atoms. The Hall–Kier alpha value is -3.74. The topological polar surface area (TPSA) is 111 Å². The first-order valence-electron chi connectivity index (χ1n) is 10.8. The van der Waals surface area contributed by atoms with Gasteiger partial charge in [-0.1, -0.05) is 12.1 Å². The molecule has 0 amide bonds. The molecule has 3 aromatic rings. The number of pyridine rings is 1. The summed E-state index contributed by atoms with van der Waals surface area (Å²) in [6, 6.07) is 14.1. The number of nitrogens with zero attached hydrogens (tertiary/aromatic N) is 4. The van der Waals surface area contributed by atoms with Gasteiger partial charge < -0.3 is 19.5 Å². The monoisotopic (exact) mass is 445 g/mol. The molecule has 2 aliphatic heterocycles. The lowest BCUT2D eigenvalue weighted by Crippen LogP contribution is -2.37. The van der Waals surface area contributed by atoms with Gasteiger partial charge in [-0.3, -0.25) is 4.79 Å². The molecule has 9 heteroatoms. The number of ether oxygens (including phenoxy) is 3. The third-order valence-electron chi connectivity index (χ3n) is 5.93. The average molecular weight is 445 g/mol. The van der Waals surface area contributed by atoms with Crippen molar-refractivity contribution in [3.8, 4) is 23.1 Å². The normalized spacial score (nSPS) is 19.5. The van der Waals surface area contributed by atoms with E-state index >= 15 is 0 Å². The van der Waals surface area contributed by atoms with Crippen LogP contribution in [0.15, 0.2) is 47.3 Å². The number of rotatable bonds is 5. The number of hydrogen-bond acceptors (Lipinski definition) is 8. The SMILES string of the molecule is COc1cccc(-c2ccc(=O)n(C3COCC3Nc3nc4c(cc3C#N)COCC4)n2)c1. The summed E-state index contributed by atoms with van der Waals surface area (Å²) in [6.07, 6.45) is 0.698. The minimum absolute atomic E-state index is 0.222. The molecular formula is C24H23N5O4. The van der Waals surface area contributed by atoms with Gasteiger partial charge in [0.05, 0.1) is 56.5 Å². The largest absolute Gasteiger partial charge is 0.497 e. The molecule has 0 aliphatic carbocycles. The molecule has 2 unspecified atom stereocenters. The molecule has 33 heavy (non-hydrogen) atoms. The van der Waals surface area contributed by atoms with Crippen molar-refractivity contribution in [3.63, 3.8) is 0 Å². The standard InChI is InChI=1S/C24H23N5O4/c1-31-18-4-2-3-15(10-18)20-5-6-23(30)29(28-20)22-14-33-13-21(22)27-24-16(11-25)9-17-12-32-8-7-19(17)26-24/h2-6,9-10,21-22H,7-8,12-14H2,1H3,(H,26,27). The van der Waals surface area contributed by atoms with Crippen LogP contribution in [0.2, 0.25) is 0 Å². The number of hydrogen-bond donors (Lipinski definition) is 1. The molecule has 2 atom stereocenters. The summed E-state index contributed by atoms with van der Waals surface area (Å²) in [4.78, 5) is 17.4. The molecule has 2 aromatic heterocycles. The predicted molar refractivity (Wildman–Crippen MR) is 120 cm³/mol. The first-order chi connectivity index (χ1) is 16.2. The number of anilines is 1. The highest BCUT2D eigenvalue weighted by molar-refractivity contribution is 5.60. The van der Waals surface area contributed by atoms with Crippen molar-refractivity contribution in [1.29, 1.82) is 5.26 Å². The molecule has 4 heterocycles. The third kappa shape index (κ3) is 4.18. The maximum absolute atomic E-state index is 12.7. The minimum Gasteiger partial charge on any atom is -0.497 e. The number of nitriles is 1. The van der Waals surface area contributed by atoms with Crippen molar-refractivity contribution in [1.82, 2.24) is 14.8 Å². The molecule has 0 saturated carbocycles. The van der Waals surface area contributed by atoms with Crippen molar-refractivity contribution in [2.45, 2.75) is 25.1 Å². The zero-order valence-corrected chi connectivity index (χ0v) is 18.2. The number of aromatic nitrogens is 3. The number of methoxy groups -OCH3 is 1. The van der Waals surface area contributed by atoms with Gasteiger partial charge in [0.25, 0.3) is 5.56 Å². The summed E-state index contributed by atoms with van der Waals surface area (Å²) in [5.74, 6) is 1.21. The minimum atomic E-state index is -0.351. The van der Waals surface area contributed by atoms with Crippen LogP contribution in [0.25, 0.3) is 11.3 Å². The Morgan fingerprint density at radius 2 is 2.12 bits per heavy atom. The lowest BCUT2D eigenvalue weighted by Gasteiger charge is -2.23. The Kier molecular flexibility index (Phi) is 5.77. The lowest BCUT2D eigenvalue weighted by molar-refractivity contribution is 0.109. The summed E-state index contributed by atoms with van der Waals surface area (Å²) in [5.41, 5.74) is 3.58. The molecule has 0 bridgehead atoms. The summed E-state index contributed by atoms with van der Waals surface area (Å²) in [7, 11) is 1.61. The van der Waals surface area contributed by atoms with Gasteiger partial charge in [0.1, 0.15) is 23.7 Å². The first kappa shape index (κ1) is 21.1. The van der Waals surface area contributed by atoms with Gasteiger partial charge in [0.15, 0.2) is 0 Å². The van der Waals surface area contributed by atoms with Crippen molar-refractivity contribution in [2.24, 2.45) is 0 Å². The summed E-state index contributed by atoms with van der Waals surface area (Å²) in [5, 5.41) is 17.6. The Bertz CT molecular complexity index is 1280. The first-order valence-corrected chi connectivity index (χ1v) is 10.8. The van der Waals surface area contributed by atoms with Crippen molar-refractivity contribution in [2.75, 3.05) is 32.2 Å². The van der Waals surface area contributed by atoms with E-state index in [-0.39, 0.29) is 17.6 Å². The molecular weight excluding hydrogens is 422 g/mol. The zero-order valence-electron chi connectivity index (χ0n) is 18.2. The molecule has 9 nitrogen and oxygen atoms in total. The maximum Gasteiger partial charge on any atom is 0.267 e. The van der Waals surface area contributed by atoms with Gasteiger partial charge >= 0.3 is 0 Å². The second kappa shape index (κ2) is 9.02. The average Bonchev–Trinajstić information content (AvgIpc) is 3.31. The van der Waals surface area contributed by atoms with E-state index in [0.717, 1.165) is 16.8 Å². The van der Waals surface area contributed by atoms with E-state index in [0.29, 0.717) is 55.7 Å². The molecule has 1 saturated heterocycles. The van der Waals surface area contributed by atoms with E-state index in [1.807, 2.05) is 30.3 Å². The van der Waals surface area contributed by atoms with Crippen LogP contribution in [0.1, 0.15) is 22.9 Å². The van der Waals surface area contributed by atoms with Crippen LogP contribution in [-0.2, 0) is 22.5 Å². The van der Waals surface area contributed by atoms with E-state index in [1.165, 1.54) is 10.7 Å². The predicted octanol–water partition coefficient (Wildman–Crippen LogP) is 2.31. The van der Waals surface area contributed by atoms with E-state index in [2.05, 4.69) is 16.5 Å². The van der Waals surface area contributed by atoms with Crippen molar-refractivity contribution >= 4 is 5.82 Å². The molecule has 1 aromatic carbocycles. The summed E-state index contributed by atoms with van der Waals surface area (Å²) >= 11 is 0. The zero-order chi connectivity index (χ0) is 22.8. The van der Waals surface area contributed by atoms with E-state index in [4.69, 9.17) is 19.2 Å². The fraction of sp³-hybridized carbons (Fsp3) is 0.333. The van der Waals surface area contributed by atoms with Gasteiger partial charge in [-0.25, -0.2) is 9.67 Å². The summed E-state index contributed by atoms with van der Waals surface area (Å²) < 4.78 is 17.9. The number of nitrogens with one attached hydrogen (secondary N) is 1. The summed E-state index contributed by atoms with van der Waals surface area (Å²) in [6.45, 7) is 1.77. The number of fused-ring (bicyclic) bond motifs is 1. The van der Waals surface area contributed by atoms with Gasteiger partial charge in [-0.15, -0.1) is 0 Å². The molecule has 2 aliphatic rings. The van der Waals surface area contributed by atoms with Crippen LogP contribution >= 0.6 is 0 Å². The Morgan fingerprint density at radius 1 is 1.21 bits per heavy atom. The lowest BCUT2D eigenvalue weighted by atomic mass is 10.1. The van der Waals surface area contributed by atoms with Crippen LogP contribution in [0.5, 0.6) is 5.75 Å². The Labute approximate surface area is 190 Å². The van der Waals surface area contributed by atoms with Gasteiger partial charge in [0, 0.05) is 23.6 Å². The fourth-order valence-electron chi connectivity index (χ4n) is 4.18. The van der Waals surface area contributed by atoms with Gasteiger partial charge in [-0.05, 0) is 24.3 Å². The highest BCUT2D eigenvalue weighted by Gasteiger charge is 2.32. The van der Waals surface area contributed by atoms with Gasteiger partial charge in [-0.2, -0.15) is 10.4 Å². The van der Waals surface area contributed by atoms with E-state index in [1.54, 1.807) is 13.2 Å². The third-order valence-corrected chi connectivity index (χ3v) is 5.93. The highest BCUT2D eigenvalue weighted by Crippen LogP contribution is 2.27. The quantitative estimate of drug-likeness (QED) is 0.637. The second-order valence-electron chi connectivity index (χ2n) is 7.99. The molecule has 0 radical (unpaired) electrons. The Balaban J connectivity index is 1.46. The van der Waals surface area contributed by atoms with Crippen LogP contribution < -0.4 is 15.6 Å². The van der Waals surface area contributed by atoms with Gasteiger partial charge in [0.2, 0.25) is 0 Å². The van der Waals surface area contributed by atoms with Crippen LogP contribution in [0.4, 0.5) is 5.82 Å². The van der Waals surface area contributed by atoms with Crippen LogP contribution in [-0.4, -0.2) is 47.7 Å². The molecule has 1 N–H and O–H groups in total. The molecule has 5 rings (SSSR count). The molecule has 168 valence electrons. The van der Waals surface area contributed by atoms with E-state index in [9.17, 15) is 10.1 Å². The van der Waals surface area contributed by atoms with Crippen molar-refractivity contribution in [3.05, 3.63) is 69.6 Å². The van der Waals surface area contributed by atoms with E-state index < -0.39 is 0 Å². The highest BCUT2D eigenvalue weighted by atomic mass is 16.5. The molecule has 1 fully saturated rings.